The molecule has 0 saturated heterocycles. The number of amides is 1. The fourth-order valence-electron chi connectivity index (χ4n) is 1.97. The molecule has 0 spiro atoms. The topological polar surface area (TPSA) is 85.3 Å². The van der Waals surface area contributed by atoms with E-state index in [2.05, 4.69) is 43.7 Å². The van der Waals surface area contributed by atoms with E-state index in [1.807, 2.05) is 30.5 Å². The number of rotatable bonds is 4. The van der Waals surface area contributed by atoms with Gasteiger partial charge in [0.1, 0.15) is 0 Å². The second-order valence-corrected chi connectivity index (χ2v) is 6.39. The minimum atomic E-state index is -0.482. The number of benzene rings is 1. The van der Waals surface area contributed by atoms with Gasteiger partial charge in [0.05, 0.1) is 4.47 Å². The molecule has 8 heteroatoms. The Labute approximate surface area is 139 Å². The fraction of sp³-hybridized carbons (Fsp3) is 0.0714. The van der Waals surface area contributed by atoms with E-state index in [0.717, 1.165) is 15.1 Å². The maximum absolute atomic E-state index is 11.7. The van der Waals surface area contributed by atoms with Crippen LogP contribution in [0.5, 0.6) is 0 Å². The number of carbonyl (C=O) groups is 1. The van der Waals surface area contributed by atoms with Gasteiger partial charge in [-0.1, -0.05) is 30.3 Å². The molecule has 0 aliphatic rings. The molecule has 3 N–H and O–H groups in total. The molecule has 0 bridgehead atoms. The number of hydrogen-bond donors (Lipinski definition) is 2. The smallest absolute Gasteiger partial charge is 0.287 e. The lowest BCUT2D eigenvalue weighted by atomic mass is 10.2. The number of nitrogen functional groups attached to an aromatic ring is 1. The standard InChI is InChI=1S/C14H12BrN5OS/c15-11-6-10(22-8-9-4-2-1-3-5-9)7-20-12(11)18-19-13(20)14(21)17-16/h1-7H,8,16H2,(H,17,21). The molecule has 0 saturated carbocycles. The molecule has 0 atom stereocenters. The van der Waals surface area contributed by atoms with Crippen molar-refractivity contribution in [1.82, 2.24) is 20.0 Å². The highest BCUT2D eigenvalue weighted by Crippen LogP contribution is 2.28. The molecule has 112 valence electrons. The molecule has 0 aliphatic heterocycles. The highest BCUT2D eigenvalue weighted by molar-refractivity contribution is 9.10. The number of nitrogens with zero attached hydrogens (tertiary/aromatic N) is 3. The third kappa shape index (κ3) is 2.99. The second-order valence-electron chi connectivity index (χ2n) is 4.49. The van der Waals surface area contributed by atoms with Crippen molar-refractivity contribution in [1.29, 1.82) is 0 Å². The second kappa shape index (κ2) is 6.47. The van der Waals surface area contributed by atoms with E-state index in [1.165, 1.54) is 5.56 Å². The van der Waals surface area contributed by atoms with Crippen LogP contribution in [0.25, 0.3) is 5.65 Å². The quantitative estimate of drug-likeness (QED) is 0.315. The van der Waals surface area contributed by atoms with Crippen LogP contribution >= 0.6 is 27.7 Å². The lowest BCUT2D eigenvalue weighted by Gasteiger charge is -2.05. The summed E-state index contributed by atoms with van der Waals surface area (Å²) in [5.74, 6) is 5.67. The first-order valence-corrected chi connectivity index (χ1v) is 8.19. The van der Waals surface area contributed by atoms with Crippen LogP contribution in [-0.2, 0) is 5.75 Å². The van der Waals surface area contributed by atoms with E-state index in [4.69, 9.17) is 5.84 Å². The summed E-state index contributed by atoms with van der Waals surface area (Å²) in [6.45, 7) is 0. The number of hydrogen-bond acceptors (Lipinski definition) is 5. The number of pyridine rings is 1. The first-order valence-electron chi connectivity index (χ1n) is 6.41. The van der Waals surface area contributed by atoms with Crippen molar-refractivity contribution in [2.75, 3.05) is 0 Å². The Kier molecular flexibility index (Phi) is 4.41. The molecular formula is C14H12BrN5OS. The molecule has 6 nitrogen and oxygen atoms in total. The van der Waals surface area contributed by atoms with Crippen molar-refractivity contribution < 1.29 is 4.79 Å². The fourth-order valence-corrected chi connectivity index (χ4v) is 3.55. The van der Waals surface area contributed by atoms with Gasteiger partial charge in [0.15, 0.2) is 5.65 Å². The highest BCUT2D eigenvalue weighted by atomic mass is 79.9. The maximum atomic E-state index is 11.7. The molecule has 0 unspecified atom stereocenters. The number of aromatic nitrogens is 3. The van der Waals surface area contributed by atoms with Crippen LogP contribution in [0.2, 0.25) is 0 Å². The van der Waals surface area contributed by atoms with Crippen molar-refractivity contribution in [2.45, 2.75) is 10.6 Å². The van der Waals surface area contributed by atoms with Gasteiger partial charge in [-0.05, 0) is 27.6 Å². The Balaban J connectivity index is 1.92. The van der Waals surface area contributed by atoms with Gasteiger partial charge in [-0.3, -0.25) is 14.6 Å². The molecule has 1 amide bonds. The summed E-state index contributed by atoms with van der Waals surface area (Å²) in [5, 5.41) is 7.86. The van der Waals surface area contributed by atoms with E-state index < -0.39 is 5.91 Å². The molecule has 2 heterocycles. The maximum Gasteiger partial charge on any atom is 0.303 e. The SMILES string of the molecule is NNC(=O)c1nnc2c(Br)cc(SCc3ccccc3)cn12. The van der Waals surface area contributed by atoms with Crippen LogP contribution in [0.3, 0.4) is 0 Å². The van der Waals surface area contributed by atoms with Gasteiger partial charge >= 0.3 is 5.91 Å². The average molecular weight is 378 g/mol. The summed E-state index contributed by atoms with van der Waals surface area (Å²) < 4.78 is 2.40. The number of carbonyl (C=O) groups excluding carboxylic acids is 1. The van der Waals surface area contributed by atoms with Crippen LogP contribution in [0.15, 0.2) is 52.0 Å². The summed E-state index contributed by atoms with van der Waals surface area (Å²) in [4.78, 5) is 12.7. The zero-order chi connectivity index (χ0) is 15.5. The van der Waals surface area contributed by atoms with E-state index in [9.17, 15) is 4.79 Å². The molecule has 2 aromatic heterocycles. The summed E-state index contributed by atoms with van der Waals surface area (Å²) in [5.41, 5.74) is 3.87. The number of fused-ring (bicyclic) bond motifs is 1. The molecule has 22 heavy (non-hydrogen) atoms. The molecular weight excluding hydrogens is 366 g/mol. The van der Waals surface area contributed by atoms with Gasteiger partial charge < -0.3 is 0 Å². The molecule has 0 radical (unpaired) electrons. The van der Waals surface area contributed by atoms with Gasteiger partial charge in [-0.15, -0.1) is 22.0 Å². The third-order valence-electron chi connectivity index (χ3n) is 3.02. The molecule has 3 aromatic rings. The van der Waals surface area contributed by atoms with Crippen molar-refractivity contribution in [3.63, 3.8) is 0 Å². The predicted molar refractivity (Wildman–Crippen MR) is 88.3 cm³/mol. The summed E-state index contributed by atoms with van der Waals surface area (Å²) in [6.07, 6.45) is 1.83. The van der Waals surface area contributed by atoms with Crippen molar-refractivity contribution in [2.24, 2.45) is 5.84 Å². The zero-order valence-electron chi connectivity index (χ0n) is 11.4. The van der Waals surface area contributed by atoms with Crippen LogP contribution in [0.4, 0.5) is 0 Å². The number of thioether (sulfide) groups is 1. The van der Waals surface area contributed by atoms with E-state index in [0.29, 0.717) is 5.65 Å². The minimum absolute atomic E-state index is 0.153. The lowest BCUT2D eigenvalue weighted by Crippen LogP contribution is -2.31. The lowest BCUT2D eigenvalue weighted by molar-refractivity contribution is 0.0942. The van der Waals surface area contributed by atoms with Crippen LogP contribution in [-0.4, -0.2) is 20.5 Å². The molecule has 3 rings (SSSR count). The van der Waals surface area contributed by atoms with Crippen molar-refractivity contribution in [3.05, 3.63) is 58.5 Å². The first kappa shape index (κ1) is 15.0. The van der Waals surface area contributed by atoms with Gasteiger partial charge in [0.25, 0.3) is 0 Å². The summed E-state index contributed by atoms with van der Waals surface area (Å²) in [6, 6.07) is 12.1. The van der Waals surface area contributed by atoms with Crippen LogP contribution < -0.4 is 11.3 Å². The van der Waals surface area contributed by atoms with E-state index in [-0.39, 0.29) is 5.82 Å². The Morgan fingerprint density at radius 1 is 1.32 bits per heavy atom. The Morgan fingerprint density at radius 3 is 2.82 bits per heavy atom. The molecule has 0 aliphatic carbocycles. The van der Waals surface area contributed by atoms with Gasteiger partial charge in [-0.25, -0.2) is 5.84 Å². The molecule has 0 fully saturated rings. The monoisotopic (exact) mass is 377 g/mol. The zero-order valence-corrected chi connectivity index (χ0v) is 13.8. The molecule has 1 aromatic carbocycles. The van der Waals surface area contributed by atoms with Gasteiger partial charge in [0, 0.05) is 16.8 Å². The van der Waals surface area contributed by atoms with Crippen molar-refractivity contribution in [3.8, 4) is 0 Å². The Bertz CT molecular complexity index is 821. The summed E-state index contributed by atoms with van der Waals surface area (Å²) >= 11 is 5.12. The number of nitrogens with one attached hydrogen (secondary N) is 1. The number of nitrogens with two attached hydrogens (primary N) is 1. The Hall–Kier alpha value is -1.90. The van der Waals surface area contributed by atoms with Crippen LogP contribution in [0, 0.1) is 0 Å². The summed E-state index contributed by atoms with van der Waals surface area (Å²) in [7, 11) is 0. The van der Waals surface area contributed by atoms with Crippen molar-refractivity contribution >= 4 is 39.2 Å². The first-order chi connectivity index (χ1) is 10.7. The predicted octanol–water partition coefficient (Wildman–Crippen LogP) is 2.39. The minimum Gasteiger partial charge on any atom is -0.287 e. The Morgan fingerprint density at radius 2 is 2.09 bits per heavy atom. The average Bonchev–Trinajstić information content (AvgIpc) is 2.97. The van der Waals surface area contributed by atoms with Gasteiger partial charge in [-0.2, -0.15) is 0 Å². The third-order valence-corrected chi connectivity index (χ3v) is 4.64. The number of halogens is 1. The van der Waals surface area contributed by atoms with E-state index in [1.54, 1.807) is 16.2 Å². The van der Waals surface area contributed by atoms with Gasteiger partial charge in [0.2, 0.25) is 5.82 Å². The van der Waals surface area contributed by atoms with E-state index >= 15 is 0 Å². The normalized spacial score (nSPS) is 10.8. The number of hydrazine groups is 1. The van der Waals surface area contributed by atoms with Crippen LogP contribution in [0.1, 0.15) is 16.2 Å². The highest BCUT2D eigenvalue weighted by Gasteiger charge is 2.15. The largest absolute Gasteiger partial charge is 0.303 e.